The van der Waals surface area contributed by atoms with E-state index in [9.17, 15) is 0 Å². The van der Waals surface area contributed by atoms with Crippen molar-refractivity contribution in [2.75, 3.05) is 6.54 Å². The largest absolute Gasteiger partial charge is 0.437 e. The molecule has 0 aliphatic heterocycles. The molecule has 0 bridgehead atoms. The first-order valence-electron chi connectivity index (χ1n) is 7.04. The van der Waals surface area contributed by atoms with Gasteiger partial charge in [-0.2, -0.15) is 0 Å². The standard InChI is InChI=1S/C17H17N3O/c1-2-18-11-14-10-13-6-3-4-8-16(13)17(20-14)21-15-7-5-9-19-12-15/h3-10,12,18H,2,11H2,1H3. The molecule has 4 nitrogen and oxygen atoms in total. The molecule has 1 aromatic carbocycles. The van der Waals surface area contributed by atoms with Crippen molar-refractivity contribution in [1.82, 2.24) is 15.3 Å². The van der Waals surface area contributed by atoms with Crippen LogP contribution < -0.4 is 10.1 Å². The molecular weight excluding hydrogens is 262 g/mol. The molecule has 0 radical (unpaired) electrons. The highest BCUT2D eigenvalue weighted by molar-refractivity contribution is 5.87. The van der Waals surface area contributed by atoms with Crippen LogP contribution in [0.5, 0.6) is 11.6 Å². The van der Waals surface area contributed by atoms with Gasteiger partial charge in [0.15, 0.2) is 0 Å². The molecule has 1 N–H and O–H groups in total. The van der Waals surface area contributed by atoms with E-state index in [4.69, 9.17) is 4.74 Å². The minimum atomic E-state index is 0.619. The third kappa shape index (κ3) is 3.17. The summed E-state index contributed by atoms with van der Waals surface area (Å²) < 4.78 is 5.91. The second kappa shape index (κ2) is 6.33. The summed E-state index contributed by atoms with van der Waals surface area (Å²) in [5.41, 5.74) is 0.967. The van der Waals surface area contributed by atoms with Gasteiger partial charge >= 0.3 is 0 Å². The maximum absolute atomic E-state index is 5.91. The van der Waals surface area contributed by atoms with Crippen LogP contribution in [-0.4, -0.2) is 16.5 Å². The van der Waals surface area contributed by atoms with Gasteiger partial charge in [0, 0.05) is 18.1 Å². The van der Waals surface area contributed by atoms with Gasteiger partial charge < -0.3 is 10.1 Å². The Morgan fingerprint density at radius 3 is 2.86 bits per heavy atom. The number of aromatic nitrogens is 2. The van der Waals surface area contributed by atoms with Gasteiger partial charge in [-0.05, 0) is 36.2 Å². The Hall–Kier alpha value is -2.46. The van der Waals surface area contributed by atoms with Crippen LogP contribution in [0.25, 0.3) is 10.8 Å². The average Bonchev–Trinajstić information content (AvgIpc) is 2.54. The van der Waals surface area contributed by atoms with Gasteiger partial charge in [0.1, 0.15) is 5.75 Å². The lowest BCUT2D eigenvalue weighted by molar-refractivity contribution is 0.464. The van der Waals surface area contributed by atoms with Gasteiger partial charge in [-0.25, -0.2) is 4.98 Å². The summed E-state index contributed by atoms with van der Waals surface area (Å²) in [4.78, 5) is 8.69. The van der Waals surface area contributed by atoms with E-state index < -0.39 is 0 Å². The molecule has 0 saturated heterocycles. The van der Waals surface area contributed by atoms with E-state index in [2.05, 4.69) is 34.3 Å². The smallest absolute Gasteiger partial charge is 0.227 e. The molecule has 0 aliphatic rings. The lowest BCUT2D eigenvalue weighted by Crippen LogP contribution is -2.13. The molecule has 0 unspecified atom stereocenters. The number of fused-ring (bicyclic) bond motifs is 1. The molecule has 0 spiro atoms. The number of hydrogen-bond acceptors (Lipinski definition) is 4. The summed E-state index contributed by atoms with van der Waals surface area (Å²) in [5, 5.41) is 5.42. The molecule has 2 aromatic heterocycles. The number of nitrogens with zero attached hydrogens (tertiary/aromatic N) is 2. The number of pyridine rings is 2. The molecule has 3 rings (SSSR count). The van der Waals surface area contributed by atoms with Gasteiger partial charge in [0.05, 0.1) is 11.9 Å². The van der Waals surface area contributed by atoms with Crippen molar-refractivity contribution in [3.63, 3.8) is 0 Å². The lowest BCUT2D eigenvalue weighted by Gasteiger charge is -2.10. The van der Waals surface area contributed by atoms with E-state index in [1.54, 1.807) is 12.4 Å². The van der Waals surface area contributed by atoms with Crippen LogP contribution >= 0.6 is 0 Å². The van der Waals surface area contributed by atoms with E-state index >= 15 is 0 Å². The number of rotatable bonds is 5. The molecule has 4 heteroatoms. The zero-order valence-electron chi connectivity index (χ0n) is 11.9. The van der Waals surface area contributed by atoms with Crippen LogP contribution in [0.1, 0.15) is 12.6 Å². The maximum atomic E-state index is 5.91. The second-order valence-corrected chi connectivity index (χ2v) is 4.71. The maximum Gasteiger partial charge on any atom is 0.227 e. The Labute approximate surface area is 123 Å². The van der Waals surface area contributed by atoms with Gasteiger partial charge in [0.2, 0.25) is 5.88 Å². The highest BCUT2D eigenvalue weighted by Gasteiger charge is 2.08. The van der Waals surface area contributed by atoms with Crippen molar-refractivity contribution < 1.29 is 4.74 Å². The van der Waals surface area contributed by atoms with Crippen LogP contribution in [0.15, 0.2) is 54.9 Å². The SMILES string of the molecule is CCNCc1cc2ccccc2c(Oc2cccnc2)n1. The van der Waals surface area contributed by atoms with Crippen LogP contribution in [0, 0.1) is 0 Å². The van der Waals surface area contributed by atoms with Crippen molar-refractivity contribution in [3.05, 3.63) is 60.6 Å². The van der Waals surface area contributed by atoms with Crippen LogP contribution in [0.4, 0.5) is 0 Å². The van der Waals surface area contributed by atoms with Gasteiger partial charge in [-0.15, -0.1) is 0 Å². The van der Waals surface area contributed by atoms with E-state index in [1.165, 1.54) is 0 Å². The number of nitrogens with one attached hydrogen (secondary N) is 1. The van der Waals surface area contributed by atoms with E-state index in [0.29, 0.717) is 11.6 Å². The Bertz CT molecular complexity index is 728. The van der Waals surface area contributed by atoms with Gasteiger partial charge in [-0.3, -0.25) is 4.98 Å². The first kappa shape index (κ1) is 13.5. The predicted octanol–water partition coefficient (Wildman–Crippen LogP) is 3.53. The summed E-state index contributed by atoms with van der Waals surface area (Å²) in [7, 11) is 0. The molecule has 3 aromatic rings. The Morgan fingerprint density at radius 2 is 2.05 bits per heavy atom. The molecule has 0 atom stereocenters. The van der Waals surface area contributed by atoms with Gasteiger partial charge in [-0.1, -0.05) is 25.1 Å². The molecule has 106 valence electrons. The lowest BCUT2D eigenvalue weighted by atomic mass is 10.1. The third-order valence-electron chi connectivity index (χ3n) is 3.16. The highest BCUT2D eigenvalue weighted by Crippen LogP contribution is 2.28. The topological polar surface area (TPSA) is 47.0 Å². The number of benzene rings is 1. The number of ether oxygens (including phenoxy) is 1. The molecule has 0 aliphatic carbocycles. The van der Waals surface area contributed by atoms with Crippen molar-refractivity contribution in [2.45, 2.75) is 13.5 Å². The molecule has 0 amide bonds. The van der Waals surface area contributed by atoms with Crippen LogP contribution in [0.3, 0.4) is 0 Å². The summed E-state index contributed by atoms with van der Waals surface area (Å²) in [6.45, 7) is 3.71. The average molecular weight is 279 g/mol. The van der Waals surface area contributed by atoms with Crippen LogP contribution in [-0.2, 0) is 6.54 Å². The normalized spacial score (nSPS) is 10.7. The van der Waals surface area contributed by atoms with Crippen LogP contribution in [0.2, 0.25) is 0 Å². The summed E-state index contributed by atoms with van der Waals surface area (Å²) in [6, 6.07) is 13.9. The Balaban J connectivity index is 2.02. The molecule has 0 saturated carbocycles. The Morgan fingerprint density at radius 1 is 1.14 bits per heavy atom. The quantitative estimate of drug-likeness (QED) is 0.776. The van der Waals surface area contributed by atoms with E-state index in [0.717, 1.165) is 29.6 Å². The zero-order valence-corrected chi connectivity index (χ0v) is 11.9. The van der Waals surface area contributed by atoms with E-state index in [-0.39, 0.29) is 0 Å². The Kier molecular flexibility index (Phi) is 4.07. The van der Waals surface area contributed by atoms with Crippen molar-refractivity contribution in [2.24, 2.45) is 0 Å². The first-order valence-corrected chi connectivity index (χ1v) is 7.04. The molecule has 2 heterocycles. The summed E-state index contributed by atoms with van der Waals surface area (Å²) >= 11 is 0. The summed E-state index contributed by atoms with van der Waals surface area (Å²) in [6.07, 6.45) is 3.41. The minimum Gasteiger partial charge on any atom is -0.437 e. The molecule has 0 fully saturated rings. The van der Waals surface area contributed by atoms with Gasteiger partial charge in [0.25, 0.3) is 0 Å². The zero-order chi connectivity index (χ0) is 14.5. The first-order chi connectivity index (χ1) is 10.4. The predicted molar refractivity (Wildman–Crippen MR) is 83.4 cm³/mol. The third-order valence-corrected chi connectivity index (χ3v) is 3.16. The van der Waals surface area contributed by atoms with Crippen molar-refractivity contribution in [3.8, 4) is 11.6 Å². The van der Waals surface area contributed by atoms with Crippen molar-refractivity contribution >= 4 is 10.8 Å². The second-order valence-electron chi connectivity index (χ2n) is 4.71. The fraction of sp³-hybridized carbons (Fsp3) is 0.176. The molecular formula is C17H17N3O. The van der Waals surface area contributed by atoms with Crippen molar-refractivity contribution in [1.29, 1.82) is 0 Å². The fourth-order valence-corrected chi connectivity index (χ4v) is 2.16. The molecule has 21 heavy (non-hydrogen) atoms. The highest BCUT2D eigenvalue weighted by atomic mass is 16.5. The number of hydrogen-bond donors (Lipinski definition) is 1. The van der Waals surface area contributed by atoms with E-state index in [1.807, 2.05) is 30.3 Å². The fourth-order valence-electron chi connectivity index (χ4n) is 2.16. The monoisotopic (exact) mass is 279 g/mol. The summed E-state index contributed by atoms with van der Waals surface area (Å²) in [5.74, 6) is 1.31. The minimum absolute atomic E-state index is 0.619.